The Bertz CT molecular complexity index is 568. The number of aryl methyl sites for hydroxylation is 2. The highest BCUT2D eigenvalue weighted by atomic mass is 32.1. The molecule has 0 spiro atoms. The van der Waals surface area contributed by atoms with E-state index >= 15 is 0 Å². The molecule has 5 heteroatoms. The Morgan fingerprint density at radius 1 is 1.50 bits per heavy atom. The number of thiophene rings is 1. The van der Waals surface area contributed by atoms with Crippen LogP contribution < -0.4 is 5.43 Å². The fourth-order valence-electron chi connectivity index (χ4n) is 1.57. The van der Waals surface area contributed by atoms with Crippen molar-refractivity contribution in [1.82, 2.24) is 9.99 Å². The standard InChI is InChI=1S/C13H15N3OS/c1-10-5-6-12(18-10)9-14-15-13(17)8-11-4-3-7-16(11)2/h3-7,9H,8H2,1-2H3,(H,15,17)/b14-9+. The Kier molecular flexibility index (Phi) is 3.94. The Morgan fingerprint density at radius 3 is 2.94 bits per heavy atom. The first-order valence-electron chi connectivity index (χ1n) is 5.64. The van der Waals surface area contributed by atoms with Crippen LogP contribution in [-0.2, 0) is 18.3 Å². The molecule has 2 heterocycles. The molecule has 0 atom stereocenters. The van der Waals surface area contributed by atoms with E-state index in [1.165, 1.54) is 4.88 Å². The first-order valence-corrected chi connectivity index (χ1v) is 6.45. The molecule has 0 aliphatic rings. The molecule has 0 saturated heterocycles. The maximum atomic E-state index is 11.6. The van der Waals surface area contributed by atoms with Gasteiger partial charge in [0.2, 0.25) is 5.91 Å². The van der Waals surface area contributed by atoms with Crippen LogP contribution in [0.2, 0.25) is 0 Å². The van der Waals surface area contributed by atoms with Crippen LogP contribution in [0.1, 0.15) is 15.4 Å². The lowest BCUT2D eigenvalue weighted by atomic mass is 10.3. The van der Waals surface area contributed by atoms with E-state index in [9.17, 15) is 4.79 Å². The van der Waals surface area contributed by atoms with Gasteiger partial charge in [-0.15, -0.1) is 11.3 Å². The monoisotopic (exact) mass is 261 g/mol. The minimum absolute atomic E-state index is 0.110. The van der Waals surface area contributed by atoms with Crippen molar-refractivity contribution in [2.24, 2.45) is 12.1 Å². The minimum Gasteiger partial charge on any atom is -0.354 e. The van der Waals surface area contributed by atoms with Gasteiger partial charge in [0.05, 0.1) is 12.6 Å². The van der Waals surface area contributed by atoms with Crippen LogP contribution in [0.5, 0.6) is 0 Å². The van der Waals surface area contributed by atoms with E-state index in [1.54, 1.807) is 17.6 Å². The predicted octanol–water partition coefficient (Wildman–Crippen LogP) is 2.09. The predicted molar refractivity (Wildman–Crippen MR) is 73.9 cm³/mol. The van der Waals surface area contributed by atoms with Crippen LogP contribution in [0.4, 0.5) is 0 Å². The smallest absolute Gasteiger partial charge is 0.245 e. The lowest BCUT2D eigenvalue weighted by molar-refractivity contribution is -0.120. The lowest BCUT2D eigenvalue weighted by Crippen LogP contribution is -2.20. The van der Waals surface area contributed by atoms with E-state index in [0.29, 0.717) is 6.42 Å². The number of carbonyl (C=O) groups is 1. The summed E-state index contributed by atoms with van der Waals surface area (Å²) in [5.74, 6) is -0.110. The van der Waals surface area contributed by atoms with Gasteiger partial charge in [0.1, 0.15) is 0 Å². The summed E-state index contributed by atoms with van der Waals surface area (Å²) < 4.78 is 1.92. The Labute approximate surface area is 110 Å². The number of nitrogens with zero attached hydrogens (tertiary/aromatic N) is 2. The number of amides is 1. The molecule has 0 aromatic carbocycles. The first-order chi connectivity index (χ1) is 8.65. The van der Waals surface area contributed by atoms with Crippen LogP contribution in [0.25, 0.3) is 0 Å². The molecule has 4 nitrogen and oxygen atoms in total. The van der Waals surface area contributed by atoms with Crippen molar-refractivity contribution in [3.8, 4) is 0 Å². The first kappa shape index (κ1) is 12.6. The number of hydrogen-bond donors (Lipinski definition) is 1. The summed E-state index contributed by atoms with van der Waals surface area (Å²) in [6, 6.07) is 7.84. The largest absolute Gasteiger partial charge is 0.354 e. The van der Waals surface area contributed by atoms with Crippen molar-refractivity contribution in [1.29, 1.82) is 0 Å². The third kappa shape index (κ3) is 3.30. The van der Waals surface area contributed by atoms with Gasteiger partial charge in [0.25, 0.3) is 0 Å². The number of hydrazone groups is 1. The second-order valence-corrected chi connectivity index (χ2v) is 5.35. The quantitative estimate of drug-likeness (QED) is 0.665. The zero-order valence-corrected chi connectivity index (χ0v) is 11.2. The van der Waals surface area contributed by atoms with Crippen molar-refractivity contribution in [3.63, 3.8) is 0 Å². The molecule has 0 bridgehead atoms. The van der Waals surface area contributed by atoms with Crippen molar-refractivity contribution in [2.75, 3.05) is 0 Å². The number of hydrogen-bond acceptors (Lipinski definition) is 3. The van der Waals surface area contributed by atoms with Gasteiger partial charge < -0.3 is 4.57 Å². The zero-order valence-electron chi connectivity index (χ0n) is 10.4. The summed E-state index contributed by atoms with van der Waals surface area (Å²) >= 11 is 1.64. The van der Waals surface area contributed by atoms with Gasteiger partial charge in [0.15, 0.2) is 0 Å². The van der Waals surface area contributed by atoms with E-state index in [2.05, 4.69) is 10.5 Å². The molecule has 2 rings (SSSR count). The molecular formula is C13H15N3OS. The van der Waals surface area contributed by atoms with Crippen LogP contribution in [0, 0.1) is 6.92 Å². The van der Waals surface area contributed by atoms with Gasteiger partial charge in [0, 0.05) is 28.7 Å². The average molecular weight is 261 g/mol. The topological polar surface area (TPSA) is 46.4 Å². The highest BCUT2D eigenvalue weighted by molar-refractivity contribution is 7.13. The third-order valence-corrected chi connectivity index (χ3v) is 3.47. The van der Waals surface area contributed by atoms with Crippen molar-refractivity contribution >= 4 is 23.5 Å². The molecule has 1 N–H and O–H groups in total. The Balaban J connectivity index is 1.85. The Morgan fingerprint density at radius 2 is 2.33 bits per heavy atom. The lowest BCUT2D eigenvalue weighted by Gasteiger charge is -2.01. The van der Waals surface area contributed by atoms with E-state index in [0.717, 1.165) is 10.6 Å². The van der Waals surface area contributed by atoms with E-state index in [1.807, 2.05) is 49.0 Å². The summed E-state index contributed by atoms with van der Waals surface area (Å²) in [6.07, 6.45) is 3.92. The van der Waals surface area contributed by atoms with Crippen LogP contribution in [0.15, 0.2) is 35.6 Å². The minimum atomic E-state index is -0.110. The maximum Gasteiger partial charge on any atom is 0.245 e. The van der Waals surface area contributed by atoms with E-state index < -0.39 is 0 Å². The summed E-state index contributed by atoms with van der Waals surface area (Å²) in [4.78, 5) is 13.9. The van der Waals surface area contributed by atoms with E-state index in [4.69, 9.17) is 0 Å². The van der Waals surface area contributed by atoms with Crippen molar-refractivity contribution < 1.29 is 4.79 Å². The molecule has 94 valence electrons. The van der Waals surface area contributed by atoms with Crippen LogP contribution in [0.3, 0.4) is 0 Å². The zero-order chi connectivity index (χ0) is 13.0. The molecule has 0 unspecified atom stereocenters. The highest BCUT2D eigenvalue weighted by Crippen LogP contribution is 2.12. The SMILES string of the molecule is Cc1ccc(/C=N/NC(=O)Cc2cccn2C)s1. The van der Waals surface area contributed by atoms with Crippen molar-refractivity contribution in [2.45, 2.75) is 13.3 Å². The fraction of sp³-hybridized carbons (Fsp3) is 0.231. The molecule has 18 heavy (non-hydrogen) atoms. The normalized spacial score (nSPS) is 11.0. The highest BCUT2D eigenvalue weighted by Gasteiger charge is 2.04. The second kappa shape index (κ2) is 5.64. The van der Waals surface area contributed by atoms with Gasteiger partial charge >= 0.3 is 0 Å². The molecule has 0 saturated carbocycles. The number of nitrogens with one attached hydrogen (secondary N) is 1. The van der Waals surface area contributed by atoms with Gasteiger partial charge in [-0.1, -0.05) is 0 Å². The Hall–Kier alpha value is -1.88. The molecule has 0 radical (unpaired) electrons. The second-order valence-electron chi connectivity index (χ2n) is 4.03. The van der Waals surface area contributed by atoms with Crippen molar-refractivity contribution in [3.05, 3.63) is 45.9 Å². The number of aromatic nitrogens is 1. The molecular weight excluding hydrogens is 246 g/mol. The third-order valence-electron chi connectivity index (χ3n) is 2.54. The summed E-state index contributed by atoms with van der Waals surface area (Å²) in [6.45, 7) is 2.04. The molecule has 1 amide bonds. The van der Waals surface area contributed by atoms with Crippen LogP contribution in [-0.4, -0.2) is 16.7 Å². The average Bonchev–Trinajstić information content (AvgIpc) is 2.89. The summed E-state index contributed by atoms with van der Waals surface area (Å²) in [5.41, 5.74) is 3.50. The van der Waals surface area contributed by atoms with E-state index in [-0.39, 0.29) is 5.91 Å². The molecule has 0 aliphatic heterocycles. The molecule has 2 aromatic rings. The number of rotatable bonds is 4. The number of carbonyl (C=O) groups excluding carboxylic acids is 1. The summed E-state index contributed by atoms with van der Waals surface area (Å²) in [5, 5.41) is 3.94. The van der Waals surface area contributed by atoms with Crippen LogP contribution >= 0.6 is 11.3 Å². The fourth-order valence-corrected chi connectivity index (χ4v) is 2.32. The molecule has 0 aliphatic carbocycles. The van der Waals surface area contributed by atoms with Gasteiger partial charge in [-0.2, -0.15) is 5.10 Å². The molecule has 2 aromatic heterocycles. The summed E-state index contributed by atoms with van der Waals surface area (Å²) in [7, 11) is 1.92. The maximum absolute atomic E-state index is 11.6. The van der Waals surface area contributed by atoms with Gasteiger partial charge in [-0.05, 0) is 31.2 Å². The van der Waals surface area contributed by atoms with Gasteiger partial charge in [-0.3, -0.25) is 4.79 Å². The molecule has 0 fully saturated rings. The van der Waals surface area contributed by atoms with Gasteiger partial charge in [-0.25, -0.2) is 5.43 Å².